The van der Waals surface area contributed by atoms with Crippen LogP contribution in [0.3, 0.4) is 0 Å². The van der Waals surface area contributed by atoms with Crippen LogP contribution in [0.2, 0.25) is 0 Å². The standard InChI is InChI=1S/C27H23F2N3O5S/c1-36-12-15-5-4-10-37-20-11-18(28)23(29)17-13-38-21-7-3-2-6-16(21)24(22(17)20)32-14-30(15)27(35)25-26(34)19(33)8-9-31(25)32/h2-9,11,15,24,34H,10,12-14H2,1H3/b5-4-/t15-,24-/m0/s1. The summed E-state index contributed by atoms with van der Waals surface area (Å²) in [6, 6.07) is 8.38. The molecule has 4 heterocycles. The molecule has 6 rings (SSSR count). The second-order valence-corrected chi connectivity index (χ2v) is 10.1. The van der Waals surface area contributed by atoms with Crippen LogP contribution in [-0.2, 0) is 10.5 Å². The molecule has 0 saturated heterocycles. The first-order valence-electron chi connectivity index (χ1n) is 11.9. The van der Waals surface area contributed by atoms with Gasteiger partial charge in [0.2, 0.25) is 5.43 Å². The van der Waals surface area contributed by atoms with Gasteiger partial charge >= 0.3 is 0 Å². The third kappa shape index (κ3) is 3.76. The molecule has 8 nitrogen and oxygen atoms in total. The highest BCUT2D eigenvalue weighted by molar-refractivity contribution is 7.98. The predicted molar refractivity (Wildman–Crippen MR) is 136 cm³/mol. The SMILES string of the molecule is COC[C@@H]1/C=C\COc2cc(F)c(F)c3c2[C@H](c2ccccc2SC3)N2CN1C(=O)c1c(O)c(=O)ccn12. The van der Waals surface area contributed by atoms with Gasteiger partial charge in [0, 0.05) is 47.2 Å². The van der Waals surface area contributed by atoms with E-state index in [0.29, 0.717) is 5.56 Å². The van der Waals surface area contributed by atoms with Crippen molar-refractivity contribution < 1.29 is 28.2 Å². The molecule has 2 bridgehead atoms. The maximum atomic E-state index is 15.4. The molecule has 2 aromatic carbocycles. The van der Waals surface area contributed by atoms with Crippen molar-refractivity contribution in [1.29, 1.82) is 0 Å². The van der Waals surface area contributed by atoms with Gasteiger partial charge < -0.3 is 19.5 Å². The average molecular weight is 540 g/mol. The molecule has 2 atom stereocenters. The number of benzene rings is 2. The van der Waals surface area contributed by atoms with E-state index in [1.165, 1.54) is 40.7 Å². The number of hydrogen-bond donors (Lipinski definition) is 1. The lowest BCUT2D eigenvalue weighted by molar-refractivity contribution is 0.0517. The smallest absolute Gasteiger partial charge is 0.278 e. The van der Waals surface area contributed by atoms with Crippen molar-refractivity contribution in [2.24, 2.45) is 0 Å². The first-order chi connectivity index (χ1) is 18.4. The Morgan fingerprint density at radius 1 is 1.21 bits per heavy atom. The van der Waals surface area contributed by atoms with Gasteiger partial charge in [0.25, 0.3) is 5.91 Å². The molecule has 3 aromatic rings. The third-order valence-electron chi connectivity index (χ3n) is 7.00. The van der Waals surface area contributed by atoms with E-state index in [1.807, 2.05) is 24.3 Å². The molecule has 196 valence electrons. The number of aromatic nitrogens is 1. The molecule has 3 aliphatic heterocycles. The van der Waals surface area contributed by atoms with Crippen molar-refractivity contribution in [3.63, 3.8) is 0 Å². The van der Waals surface area contributed by atoms with Crippen molar-refractivity contribution >= 4 is 17.7 Å². The zero-order valence-corrected chi connectivity index (χ0v) is 21.1. The normalized spacial score (nSPS) is 20.9. The Morgan fingerprint density at radius 3 is 2.84 bits per heavy atom. The van der Waals surface area contributed by atoms with Crippen LogP contribution >= 0.6 is 11.8 Å². The van der Waals surface area contributed by atoms with Crippen molar-refractivity contribution in [2.45, 2.75) is 22.7 Å². The molecular weight excluding hydrogens is 516 g/mol. The zero-order chi connectivity index (χ0) is 26.6. The summed E-state index contributed by atoms with van der Waals surface area (Å²) in [5.41, 5.74) is 0.417. The number of amides is 1. The Hall–Kier alpha value is -3.83. The van der Waals surface area contributed by atoms with Crippen molar-refractivity contribution in [3.8, 4) is 11.5 Å². The largest absolute Gasteiger partial charge is 0.502 e. The Labute approximate surface area is 220 Å². The number of carbonyl (C=O) groups is 1. The first kappa shape index (κ1) is 24.5. The van der Waals surface area contributed by atoms with E-state index in [9.17, 15) is 19.1 Å². The van der Waals surface area contributed by atoms with E-state index in [0.717, 1.165) is 16.5 Å². The fraction of sp³-hybridized carbons (Fsp3) is 0.259. The average Bonchev–Trinajstić information content (AvgIpc) is 3.09. The third-order valence-corrected chi connectivity index (χ3v) is 8.12. The fourth-order valence-corrected chi connectivity index (χ4v) is 6.37. The second kappa shape index (κ2) is 9.48. The van der Waals surface area contributed by atoms with E-state index in [-0.39, 0.29) is 42.6 Å². The summed E-state index contributed by atoms with van der Waals surface area (Å²) in [5, 5.41) is 12.5. The monoisotopic (exact) mass is 539 g/mol. The van der Waals surface area contributed by atoms with Crippen molar-refractivity contribution in [2.75, 3.05) is 32.0 Å². The van der Waals surface area contributed by atoms with Gasteiger partial charge in [-0.25, -0.2) is 8.78 Å². The number of hydrogen-bond acceptors (Lipinski definition) is 7. The second-order valence-electron chi connectivity index (χ2n) is 9.13. The van der Waals surface area contributed by atoms with Gasteiger partial charge in [0.1, 0.15) is 25.1 Å². The lowest BCUT2D eigenvalue weighted by Crippen LogP contribution is -2.58. The molecule has 1 aromatic heterocycles. The quantitative estimate of drug-likeness (QED) is 0.499. The van der Waals surface area contributed by atoms with Gasteiger partial charge in [-0.1, -0.05) is 24.3 Å². The lowest BCUT2D eigenvalue weighted by Gasteiger charge is -2.46. The lowest BCUT2D eigenvalue weighted by atomic mass is 9.92. The number of pyridine rings is 1. The Morgan fingerprint density at radius 2 is 2.03 bits per heavy atom. The van der Waals surface area contributed by atoms with Gasteiger partial charge in [-0.3, -0.25) is 19.3 Å². The summed E-state index contributed by atoms with van der Waals surface area (Å²) in [5.74, 6) is -2.91. The number of methoxy groups -OCH3 is 1. The minimum Gasteiger partial charge on any atom is -0.502 e. The van der Waals surface area contributed by atoms with E-state index in [1.54, 1.807) is 17.2 Å². The summed E-state index contributed by atoms with van der Waals surface area (Å²) in [4.78, 5) is 28.5. The number of aromatic hydroxyl groups is 1. The minimum absolute atomic E-state index is 0.00590. The molecule has 11 heteroatoms. The number of halogens is 2. The summed E-state index contributed by atoms with van der Waals surface area (Å²) in [7, 11) is 1.50. The van der Waals surface area contributed by atoms with E-state index >= 15 is 4.39 Å². The number of nitrogens with zero attached hydrogens (tertiary/aromatic N) is 3. The zero-order valence-electron chi connectivity index (χ0n) is 20.3. The van der Waals surface area contributed by atoms with Crippen molar-refractivity contribution in [1.82, 2.24) is 9.58 Å². The maximum Gasteiger partial charge on any atom is 0.278 e. The number of thioether (sulfide) groups is 1. The molecule has 1 amide bonds. The molecule has 0 spiro atoms. The van der Waals surface area contributed by atoms with E-state index in [4.69, 9.17) is 9.47 Å². The molecule has 0 aliphatic carbocycles. The molecule has 0 saturated carbocycles. The Kier molecular flexibility index (Phi) is 6.11. The molecule has 0 radical (unpaired) electrons. The summed E-state index contributed by atoms with van der Waals surface area (Å²) < 4.78 is 43.1. The molecule has 38 heavy (non-hydrogen) atoms. The maximum absolute atomic E-state index is 15.4. The summed E-state index contributed by atoms with van der Waals surface area (Å²) in [6.07, 6.45) is 4.82. The van der Waals surface area contributed by atoms with E-state index in [2.05, 4.69) is 0 Å². The van der Waals surface area contributed by atoms with Crippen LogP contribution < -0.4 is 15.2 Å². The highest BCUT2D eigenvalue weighted by atomic mass is 32.2. The van der Waals surface area contributed by atoms with Crippen molar-refractivity contribution in [3.05, 3.63) is 99.0 Å². The first-order valence-corrected chi connectivity index (χ1v) is 12.9. The minimum atomic E-state index is -1.02. The van der Waals surface area contributed by atoms with Crippen LogP contribution in [0.1, 0.15) is 33.2 Å². The van der Waals surface area contributed by atoms with Gasteiger partial charge in [0.15, 0.2) is 23.1 Å². The summed E-state index contributed by atoms with van der Waals surface area (Å²) >= 11 is 1.37. The van der Waals surface area contributed by atoms with Crippen LogP contribution in [0.4, 0.5) is 8.78 Å². The number of fused-ring (bicyclic) bond motifs is 7. The Balaban J connectivity index is 1.70. The topological polar surface area (TPSA) is 84.2 Å². The van der Waals surface area contributed by atoms with Gasteiger partial charge in [0.05, 0.1) is 12.6 Å². The molecule has 0 unspecified atom stereocenters. The van der Waals surface area contributed by atoms with Crippen LogP contribution in [0.5, 0.6) is 11.5 Å². The predicted octanol–water partition coefficient (Wildman–Crippen LogP) is 3.54. The van der Waals surface area contributed by atoms with Crippen LogP contribution in [0.15, 0.2) is 64.4 Å². The summed E-state index contributed by atoms with van der Waals surface area (Å²) in [6.45, 7) is 0.165. The number of carbonyl (C=O) groups excluding carboxylic acids is 1. The van der Waals surface area contributed by atoms with Gasteiger partial charge in [-0.2, -0.15) is 0 Å². The number of ether oxygens (including phenoxy) is 2. The molecular formula is C27H23F2N3O5S. The Bertz CT molecular complexity index is 1540. The van der Waals surface area contributed by atoms with Crippen LogP contribution in [0.25, 0.3) is 0 Å². The molecule has 3 aliphatic rings. The van der Waals surface area contributed by atoms with Gasteiger partial charge in [-0.05, 0) is 17.7 Å². The van der Waals surface area contributed by atoms with Crippen LogP contribution in [0, 0.1) is 11.6 Å². The highest BCUT2D eigenvalue weighted by Gasteiger charge is 2.42. The number of rotatable bonds is 2. The highest BCUT2D eigenvalue weighted by Crippen LogP contribution is 2.47. The van der Waals surface area contributed by atoms with E-state index < -0.39 is 40.8 Å². The van der Waals surface area contributed by atoms with Gasteiger partial charge in [-0.15, -0.1) is 11.8 Å². The molecule has 1 N–H and O–H groups in total. The molecule has 0 fully saturated rings. The fourth-order valence-electron chi connectivity index (χ4n) is 5.27. The van der Waals surface area contributed by atoms with Crippen LogP contribution in [-0.4, -0.2) is 53.6 Å².